The highest BCUT2D eigenvalue weighted by molar-refractivity contribution is 6.02. The third-order valence-electron chi connectivity index (χ3n) is 4.96. The zero-order valence-corrected chi connectivity index (χ0v) is 17.8. The molecule has 7 heteroatoms. The second-order valence-corrected chi connectivity index (χ2v) is 8.23. The Morgan fingerprint density at radius 2 is 1.69 bits per heavy atom. The second-order valence-electron chi connectivity index (χ2n) is 8.23. The zero-order valence-electron chi connectivity index (χ0n) is 17.8. The van der Waals surface area contributed by atoms with Crippen LogP contribution in [-0.2, 0) is 23.9 Å². The van der Waals surface area contributed by atoms with Gasteiger partial charge in [0, 0.05) is 12.3 Å². The van der Waals surface area contributed by atoms with Crippen LogP contribution in [-0.4, -0.2) is 47.7 Å². The number of benzene rings is 1. The predicted octanol–water partition coefficient (Wildman–Crippen LogP) is 2.64. The van der Waals surface area contributed by atoms with Crippen molar-refractivity contribution in [1.29, 1.82) is 0 Å². The maximum absolute atomic E-state index is 13.0. The molecular formula is C22H30O7. The Labute approximate surface area is 171 Å². The molecule has 0 saturated heterocycles. The van der Waals surface area contributed by atoms with Crippen molar-refractivity contribution < 1.29 is 33.7 Å². The summed E-state index contributed by atoms with van der Waals surface area (Å²) < 4.78 is 16.0. The summed E-state index contributed by atoms with van der Waals surface area (Å²) in [6.45, 7) is 8.20. The lowest BCUT2D eigenvalue weighted by Crippen LogP contribution is -2.55. The molecule has 1 aliphatic carbocycles. The minimum Gasteiger partial charge on any atom is -0.497 e. The lowest BCUT2D eigenvalue weighted by Gasteiger charge is -2.44. The molecule has 160 valence electrons. The molecular weight excluding hydrogens is 376 g/mol. The van der Waals surface area contributed by atoms with Crippen molar-refractivity contribution in [2.45, 2.75) is 64.8 Å². The van der Waals surface area contributed by atoms with Crippen LogP contribution in [0.5, 0.6) is 5.75 Å². The normalized spacial score (nSPS) is 27.1. The molecule has 0 aliphatic heterocycles. The van der Waals surface area contributed by atoms with Gasteiger partial charge in [0.25, 0.3) is 0 Å². The molecule has 4 atom stereocenters. The van der Waals surface area contributed by atoms with E-state index < -0.39 is 53.3 Å². The Balaban J connectivity index is 2.63. The number of carbonyl (C=O) groups excluding carboxylic acids is 3. The van der Waals surface area contributed by atoms with E-state index in [1.165, 1.54) is 14.0 Å². The molecule has 0 heterocycles. The first-order chi connectivity index (χ1) is 13.5. The Bertz CT molecular complexity index is 758. The fraction of sp³-hybridized carbons (Fsp3) is 0.591. The third kappa shape index (κ3) is 5.15. The number of hydrogen-bond donors (Lipinski definition) is 1. The molecule has 1 aromatic carbocycles. The van der Waals surface area contributed by atoms with Crippen molar-refractivity contribution >= 4 is 17.7 Å². The highest BCUT2D eigenvalue weighted by atomic mass is 16.5. The summed E-state index contributed by atoms with van der Waals surface area (Å²) >= 11 is 0. The Morgan fingerprint density at radius 1 is 1.10 bits per heavy atom. The van der Waals surface area contributed by atoms with E-state index in [1.54, 1.807) is 52.0 Å². The lowest BCUT2D eigenvalue weighted by molar-refractivity contribution is -0.176. The maximum atomic E-state index is 13.0. The number of Topliss-reactive ketones (excluding diaryl/α,β-unsaturated/α-hetero) is 1. The monoisotopic (exact) mass is 406 g/mol. The molecule has 0 amide bonds. The van der Waals surface area contributed by atoms with E-state index in [0.717, 1.165) is 0 Å². The molecule has 1 aliphatic rings. The van der Waals surface area contributed by atoms with Gasteiger partial charge in [-0.1, -0.05) is 12.1 Å². The van der Waals surface area contributed by atoms with Crippen molar-refractivity contribution in [3.8, 4) is 5.75 Å². The molecule has 0 bridgehead atoms. The van der Waals surface area contributed by atoms with Crippen LogP contribution in [0.15, 0.2) is 24.3 Å². The summed E-state index contributed by atoms with van der Waals surface area (Å²) in [6.07, 6.45) is -1.18. The molecule has 1 aromatic rings. The van der Waals surface area contributed by atoms with Gasteiger partial charge in [0.15, 0.2) is 5.78 Å². The standard InChI is InChI=1S/C22H30O7/c1-12(2)28-20(24)18-16(23)11-22(5,26)19(21(25)29-13(3)4)17(18)14-8-7-9-15(10-14)27-6/h7-10,12-13,17-19,26H,11H2,1-6H3/t17-,18-,19+,22+/m1/s1. The van der Waals surface area contributed by atoms with Gasteiger partial charge in [-0.15, -0.1) is 0 Å². The largest absolute Gasteiger partial charge is 0.497 e. The third-order valence-corrected chi connectivity index (χ3v) is 4.96. The Kier molecular flexibility index (Phi) is 7.06. The van der Waals surface area contributed by atoms with Crippen molar-refractivity contribution in [3.63, 3.8) is 0 Å². The summed E-state index contributed by atoms with van der Waals surface area (Å²) in [5.74, 6) is -4.63. The highest BCUT2D eigenvalue weighted by Crippen LogP contribution is 2.47. The van der Waals surface area contributed by atoms with Crippen LogP contribution in [0.4, 0.5) is 0 Å². The van der Waals surface area contributed by atoms with E-state index in [4.69, 9.17) is 14.2 Å². The average molecular weight is 406 g/mol. The number of methoxy groups -OCH3 is 1. The van der Waals surface area contributed by atoms with E-state index in [9.17, 15) is 19.5 Å². The van der Waals surface area contributed by atoms with Crippen LogP contribution in [0.2, 0.25) is 0 Å². The smallest absolute Gasteiger partial charge is 0.317 e. The van der Waals surface area contributed by atoms with Gasteiger partial charge in [-0.25, -0.2) is 0 Å². The molecule has 0 unspecified atom stereocenters. The predicted molar refractivity (Wildman–Crippen MR) is 105 cm³/mol. The van der Waals surface area contributed by atoms with Crippen LogP contribution < -0.4 is 4.74 Å². The number of aliphatic hydroxyl groups is 1. The molecule has 1 fully saturated rings. The minimum atomic E-state index is -1.68. The number of ketones is 1. The molecule has 2 rings (SSSR count). The highest BCUT2D eigenvalue weighted by Gasteiger charge is 2.57. The van der Waals surface area contributed by atoms with Gasteiger partial charge in [-0.3, -0.25) is 14.4 Å². The van der Waals surface area contributed by atoms with Crippen molar-refractivity contribution in [2.75, 3.05) is 7.11 Å². The fourth-order valence-corrected chi connectivity index (χ4v) is 3.88. The summed E-state index contributed by atoms with van der Waals surface area (Å²) in [5, 5.41) is 11.0. The van der Waals surface area contributed by atoms with Crippen LogP contribution in [0.3, 0.4) is 0 Å². The van der Waals surface area contributed by atoms with E-state index in [-0.39, 0.29) is 6.42 Å². The molecule has 29 heavy (non-hydrogen) atoms. The van der Waals surface area contributed by atoms with E-state index >= 15 is 0 Å². The topological polar surface area (TPSA) is 99.1 Å². The van der Waals surface area contributed by atoms with Crippen LogP contribution >= 0.6 is 0 Å². The van der Waals surface area contributed by atoms with Gasteiger partial charge in [-0.2, -0.15) is 0 Å². The molecule has 0 aromatic heterocycles. The minimum absolute atomic E-state index is 0.344. The van der Waals surface area contributed by atoms with E-state index in [1.807, 2.05) is 0 Å². The number of esters is 2. The second kappa shape index (κ2) is 8.95. The first kappa shape index (κ1) is 22.9. The number of rotatable bonds is 6. The van der Waals surface area contributed by atoms with Crippen molar-refractivity contribution in [2.24, 2.45) is 11.8 Å². The summed E-state index contributed by atoms with van der Waals surface area (Å²) in [6, 6.07) is 6.78. The van der Waals surface area contributed by atoms with Gasteiger partial charge in [0.05, 0.1) is 30.8 Å². The van der Waals surface area contributed by atoms with Gasteiger partial charge in [0.2, 0.25) is 0 Å². The molecule has 0 radical (unpaired) electrons. The summed E-state index contributed by atoms with van der Waals surface area (Å²) in [5.41, 5.74) is -1.15. The lowest BCUT2D eigenvalue weighted by atomic mass is 9.61. The average Bonchev–Trinajstić information content (AvgIpc) is 2.58. The number of ether oxygens (including phenoxy) is 3. The molecule has 7 nitrogen and oxygen atoms in total. The van der Waals surface area contributed by atoms with Crippen LogP contribution in [0.1, 0.15) is 52.5 Å². The molecule has 1 N–H and O–H groups in total. The van der Waals surface area contributed by atoms with Crippen LogP contribution in [0.25, 0.3) is 0 Å². The van der Waals surface area contributed by atoms with Gasteiger partial charge in [-0.05, 0) is 52.3 Å². The van der Waals surface area contributed by atoms with E-state index in [0.29, 0.717) is 11.3 Å². The van der Waals surface area contributed by atoms with Gasteiger partial charge >= 0.3 is 11.9 Å². The fourth-order valence-electron chi connectivity index (χ4n) is 3.88. The van der Waals surface area contributed by atoms with Crippen molar-refractivity contribution in [3.05, 3.63) is 29.8 Å². The summed E-state index contributed by atoms with van der Waals surface area (Å²) in [7, 11) is 1.50. The maximum Gasteiger partial charge on any atom is 0.317 e. The first-order valence-corrected chi connectivity index (χ1v) is 9.78. The number of carbonyl (C=O) groups is 3. The van der Waals surface area contributed by atoms with Crippen molar-refractivity contribution in [1.82, 2.24) is 0 Å². The van der Waals surface area contributed by atoms with Gasteiger partial charge < -0.3 is 19.3 Å². The Hall–Kier alpha value is -2.41. The first-order valence-electron chi connectivity index (χ1n) is 9.78. The van der Waals surface area contributed by atoms with Crippen LogP contribution in [0, 0.1) is 11.8 Å². The SMILES string of the molecule is COc1cccc([C@@H]2[C@H](C(=O)OC(C)C)C(=O)C[C@](C)(O)[C@@H]2C(=O)OC(C)C)c1. The zero-order chi connectivity index (χ0) is 21.9. The van der Waals surface area contributed by atoms with Gasteiger partial charge in [0.1, 0.15) is 11.7 Å². The summed E-state index contributed by atoms with van der Waals surface area (Å²) in [4.78, 5) is 38.8. The molecule has 0 spiro atoms. The molecule has 1 saturated carbocycles. The van der Waals surface area contributed by atoms with E-state index in [2.05, 4.69) is 0 Å². The Morgan fingerprint density at radius 3 is 2.24 bits per heavy atom. The number of hydrogen-bond acceptors (Lipinski definition) is 7. The quantitative estimate of drug-likeness (QED) is 0.573.